The number of hydrogen-bond acceptors (Lipinski definition) is 5. The van der Waals surface area contributed by atoms with Crippen LogP contribution in [-0.2, 0) is 11.8 Å². The Morgan fingerprint density at radius 3 is 2.57 bits per heavy atom. The fraction of sp³-hybridized carbons (Fsp3) is 0.762. The predicted molar refractivity (Wildman–Crippen MR) is 114 cm³/mol. The van der Waals surface area contributed by atoms with Crippen LogP contribution >= 0.6 is 0 Å². The van der Waals surface area contributed by atoms with Gasteiger partial charge in [-0.3, -0.25) is 9.59 Å². The number of nitrogens with one attached hydrogen (secondary N) is 1. The maximum absolute atomic E-state index is 12.5. The first kappa shape index (κ1) is 22.4. The van der Waals surface area contributed by atoms with E-state index in [0.717, 1.165) is 51.3 Å². The van der Waals surface area contributed by atoms with E-state index in [1.54, 1.807) is 19.3 Å². The number of carbonyl (C=O) groups is 1. The monoisotopic (exact) mass is 391 g/mol. The van der Waals surface area contributed by atoms with Crippen molar-refractivity contribution >= 4 is 11.6 Å². The second kappa shape index (κ2) is 10.6. The van der Waals surface area contributed by atoms with E-state index < -0.39 is 0 Å². The summed E-state index contributed by atoms with van der Waals surface area (Å²) in [4.78, 5) is 28.9. The summed E-state index contributed by atoms with van der Waals surface area (Å²) in [6, 6.07) is 1.59. The number of carbonyl (C=O) groups excluding carboxylic acids is 1. The van der Waals surface area contributed by atoms with Crippen LogP contribution in [0.4, 0.5) is 5.69 Å². The third-order valence-corrected chi connectivity index (χ3v) is 5.07. The average Bonchev–Trinajstić information content (AvgIpc) is 3.10. The molecule has 0 radical (unpaired) electrons. The van der Waals surface area contributed by atoms with E-state index in [2.05, 4.69) is 47.9 Å². The van der Waals surface area contributed by atoms with Gasteiger partial charge >= 0.3 is 0 Å². The summed E-state index contributed by atoms with van der Waals surface area (Å²) in [5.74, 6) is 1.41. The first-order valence-corrected chi connectivity index (χ1v) is 10.5. The van der Waals surface area contributed by atoms with Crippen molar-refractivity contribution in [1.82, 2.24) is 20.0 Å². The van der Waals surface area contributed by atoms with Gasteiger partial charge in [0, 0.05) is 45.8 Å². The van der Waals surface area contributed by atoms with E-state index in [0.29, 0.717) is 18.4 Å². The maximum atomic E-state index is 12.5. The van der Waals surface area contributed by atoms with Gasteiger partial charge in [-0.2, -0.15) is 5.10 Å². The summed E-state index contributed by atoms with van der Waals surface area (Å²) in [6.07, 6.45) is 3.48. The molecular weight excluding hydrogens is 354 g/mol. The molecule has 1 N–H and O–H groups in total. The molecule has 1 aromatic heterocycles. The van der Waals surface area contributed by atoms with Crippen molar-refractivity contribution in [3.8, 4) is 0 Å². The van der Waals surface area contributed by atoms with Crippen molar-refractivity contribution in [2.75, 3.05) is 44.2 Å². The van der Waals surface area contributed by atoms with E-state index in [1.165, 1.54) is 4.68 Å². The van der Waals surface area contributed by atoms with E-state index in [4.69, 9.17) is 0 Å². The second-order valence-corrected chi connectivity index (χ2v) is 8.80. The van der Waals surface area contributed by atoms with Crippen LogP contribution < -0.4 is 15.8 Å². The van der Waals surface area contributed by atoms with Gasteiger partial charge in [0.05, 0.1) is 17.8 Å². The van der Waals surface area contributed by atoms with Crippen LogP contribution in [0.15, 0.2) is 17.1 Å². The average molecular weight is 392 g/mol. The highest BCUT2D eigenvalue weighted by Gasteiger charge is 2.28. The molecule has 1 unspecified atom stereocenters. The minimum absolute atomic E-state index is 0.0218. The summed E-state index contributed by atoms with van der Waals surface area (Å²) >= 11 is 0. The molecule has 0 bridgehead atoms. The standard InChI is InChI=1S/C21H37N5O2/c1-16(2)13-25(14-17(3)4)9-6-8-22-21(28)18-7-10-26(15-18)19-11-20(27)24(5)23-12-19/h11-12,16-18H,6-10,13-15H2,1-5H3,(H,22,28). The van der Waals surface area contributed by atoms with Crippen LogP contribution in [-0.4, -0.2) is 59.9 Å². The molecule has 0 aromatic carbocycles. The molecule has 7 heteroatoms. The maximum Gasteiger partial charge on any atom is 0.268 e. The van der Waals surface area contributed by atoms with E-state index in [9.17, 15) is 9.59 Å². The minimum Gasteiger partial charge on any atom is -0.369 e. The van der Waals surface area contributed by atoms with Crippen molar-refractivity contribution in [1.29, 1.82) is 0 Å². The van der Waals surface area contributed by atoms with Crippen molar-refractivity contribution in [2.45, 2.75) is 40.5 Å². The van der Waals surface area contributed by atoms with Gasteiger partial charge in [0.1, 0.15) is 0 Å². The SMILES string of the molecule is CC(C)CN(CCCNC(=O)C1CCN(c2cnn(C)c(=O)c2)C1)CC(C)C. The van der Waals surface area contributed by atoms with Crippen LogP contribution in [0.3, 0.4) is 0 Å². The van der Waals surface area contributed by atoms with Gasteiger partial charge in [-0.25, -0.2) is 4.68 Å². The number of anilines is 1. The normalized spacial score (nSPS) is 17.1. The molecule has 1 saturated heterocycles. The Hall–Kier alpha value is -1.89. The summed E-state index contributed by atoms with van der Waals surface area (Å²) in [5.41, 5.74) is 0.675. The molecule has 0 saturated carbocycles. The third-order valence-electron chi connectivity index (χ3n) is 5.07. The summed E-state index contributed by atoms with van der Waals surface area (Å²) in [7, 11) is 1.63. The predicted octanol–water partition coefficient (Wildman–Crippen LogP) is 1.73. The molecule has 1 aliphatic rings. The zero-order valence-corrected chi connectivity index (χ0v) is 18.1. The largest absolute Gasteiger partial charge is 0.369 e. The Labute approximate surface area is 169 Å². The van der Waals surface area contributed by atoms with Gasteiger partial charge in [-0.1, -0.05) is 27.7 Å². The number of amides is 1. The lowest BCUT2D eigenvalue weighted by atomic mass is 10.1. The van der Waals surface area contributed by atoms with Gasteiger partial charge in [0.15, 0.2) is 0 Å². The van der Waals surface area contributed by atoms with E-state index in [-0.39, 0.29) is 17.4 Å². The van der Waals surface area contributed by atoms with Crippen LogP contribution in [0.5, 0.6) is 0 Å². The molecule has 1 aromatic rings. The number of nitrogens with zero attached hydrogens (tertiary/aromatic N) is 4. The molecule has 28 heavy (non-hydrogen) atoms. The number of hydrogen-bond donors (Lipinski definition) is 1. The zero-order valence-electron chi connectivity index (χ0n) is 18.1. The quantitative estimate of drug-likeness (QED) is 0.615. The first-order chi connectivity index (χ1) is 13.3. The van der Waals surface area contributed by atoms with E-state index >= 15 is 0 Å². The van der Waals surface area contributed by atoms with Gasteiger partial charge in [-0.15, -0.1) is 0 Å². The first-order valence-electron chi connectivity index (χ1n) is 10.5. The van der Waals surface area contributed by atoms with Gasteiger partial charge in [0.25, 0.3) is 5.56 Å². The summed E-state index contributed by atoms with van der Waals surface area (Å²) in [5, 5.41) is 7.17. The lowest BCUT2D eigenvalue weighted by molar-refractivity contribution is -0.124. The molecule has 0 spiro atoms. The number of aryl methyl sites for hydroxylation is 1. The molecule has 2 rings (SSSR count). The smallest absolute Gasteiger partial charge is 0.268 e. The highest BCUT2D eigenvalue weighted by Crippen LogP contribution is 2.22. The molecular formula is C21H37N5O2. The van der Waals surface area contributed by atoms with Crippen molar-refractivity contribution in [2.24, 2.45) is 24.8 Å². The minimum atomic E-state index is -0.127. The molecule has 1 atom stereocenters. The van der Waals surface area contributed by atoms with Crippen LogP contribution in [0, 0.1) is 17.8 Å². The highest BCUT2D eigenvalue weighted by molar-refractivity contribution is 5.80. The Balaban J connectivity index is 1.74. The third kappa shape index (κ3) is 6.93. The molecule has 7 nitrogen and oxygen atoms in total. The zero-order chi connectivity index (χ0) is 20.7. The topological polar surface area (TPSA) is 70.5 Å². The molecule has 0 aliphatic carbocycles. The number of rotatable bonds is 10. The molecule has 158 valence electrons. The van der Waals surface area contributed by atoms with Crippen LogP contribution in [0.2, 0.25) is 0 Å². The molecule has 1 fully saturated rings. The Bertz CT molecular complexity index is 676. The van der Waals surface area contributed by atoms with Gasteiger partial charge in [0.2, 0.25) is 5.91 Å². The van der Waals surface area contributed by atoms with E-state index in [1.807, 2.05) is 0 Å². The fourth-order valence-corrected chi connectivity index (χ4v) is 3.79. The fourth-order valence-electron chi connectivity index (χ4n) is 3.79. The Morgan fingerprint density at radius 1 is 1.29 bits per heavy atom. The van der Waals surface area contributed by atoms with Crippen molar-refractivity contribution in [3.05, 3.63) is 22.6 Å². The van der Waals surface area contributed by atoms with Gasteiger partial charge < -0.3 is 15.1 Å². The van der Waals surface area contributed by atoms with Crippen molar-refractivity contribution in [3.63, 3.8) is 0 Å². The molecule has 2 heterocycles. The van der Waals surface area contributed by atoms with Crippen LogP contribution in [0.25, 0.3) is 0 Å². The number of aromatic nitrogens is 2. The Morgan fingerprint density at radius 2 is 1.96 bits per heavy atom. The van der Waals surface area contributed by atoms with Crippen LogP contribution in [0.1, 0.15) is 40.5 Å². The lowest BCUT2D eigenvalue weighted by Crippen LogP contribution is -2.36. The molecule has 1 aliphatic heterocycles. The van der Waals surface area contributed by atoms with Crippen molar-refractivity contribution < 1.29 is 4.79 Å². The second-order valence-electron chi connectivity index (χ2n) is 8.80. The van der Waals surface area contributed by atoms with Gasteiger partial charge in [-0.05, 0) is 31.2 Å². The lowest BCUT2D eigenvalue weighted by Gasteiger charge is -2.26. The summed E-state index contributed by atoms with van der Waals surface area (Å²) in [6.45, 7) is 14.4. The highest BCUT2D eigenvalue weighted by atomic mass is 16.2. The summed E-state index contributed by atoms with van der Waals surface area (Å²) < 4.78 is 1.31. The Kier molecular flexibility index (Phi) is 8.48. The molecule has 1 amide bonds.